The molecule has 0 bridgehead atoms. The average Bonchev–Trinajstić information content (AvgIpc) is 2.92. The fourth-order valence-corrected chi connectivity index (χ4v) is 3.87. The van der Waals surface area contributed by atoms with E-state index in [-0.39, 0.29) is 12.2 Å². The SMILES string of the molecule is CCOC(=O)c1ccc(NC(=O)/C(C#N)=C/c2ccc(OCc3c(C)ccc4ccccc34)cc2)cc1. The minimum Gasteiger partial charge on any atom is -0.489 e. The first kappa shape index (κ1) is 25.2. The minimum absolute atomic E-state index is 0.0467. The Labute approximate surface area is 215 Å². The molecule has 0 saturated carbocycles. The van der Waals surface area contributed by atoms with Gasteiger partial charge in [-0.05, 0) is 78.2 Å². The molecule has 4 aromatic carbocycles. The minimum atomic E-state index is -0.543. The number of nitrogens with one attached hydrogen (secondary N) is 1. The molecule has 4 rings (SSSR count). The van der Waals surface area contributed by atoms with Gasteiger partial charge >= 0.3 is 5.97 Å². The van der Waals surface area contributed by atoms with Crippen LogP contribution in [0.1, 0.15) is 34.0 Å². The van der Waals surface area contributed by atoms with Crippen molar-refractivity contribution in [1.82, 2.24) is 0 Å². The summed E-state index contributed by atoms with van der Waals surface area (Å²) in [6, 6.07) is 27.9. The number of benzene rings is 4. The Bertz CT molecular complexity index is 1500. The lowest BCUT2D eigenvalue weighted by Gasteiger charge is -2.12. The summed E-state index contributed by atoms with van der Waals surface area (Å²) >= 11 is 0. The molecule has 0 unspecified atom stereocenters. The molecular formula is C31H26N2O4. The molecule has 0 fully saturated rings. The summed E-state index contributed by atoms with van der Waals surface area (Å²) in [4.78, 5) is 24.4. The third-order valence-corrected chi connectivity index (χ3v) is 5.87. The van der Waals surface area contributed by atoms with Gasteiger partial charge in [-0.2, -0.15) is 5.26 Å². The van der Waals surface area contributed by atoms with Gasteiger partial charge in [0.1, 0.15) is 24.0 Å². The number of aryl methyl sites for hydroxylation is 1. The molecule has 4 aromatic rings. The molecule has 0 saturated heterocycles. The van der Waals surface area contributed by atoms with E-state index in [4.69, 9.17) is 9.47 Å². The lowest BCUT2D eigenvalue weighted by Crippen LogP contribution is -2.13. The van der Waals surface area contributed by atoms with Gasteiger partial charge in [-0.1, -0.05) is 48.5 Å². The molecule has 0 aliphatic heterocycles. The maximum absolute atomic E-state index is 12.6. The number of nitriles is 1. The fourth-order valence-electron chi connectivity index (χ4n) is 3.87. The van der Waals surface area contributed by atoms with Gasteiger partial charge in [0.25, 0.3) is 5.91 Å². The number of carbonyl (C=O) groups is 2. The van der Waals surface area contributed by atoms with Gasteiger partial charge in [-0.15, -0.1) is 0 Å². The van der Waals surface area contributed by atoms with Crippen molar-refractivity contribution in [2.45, 2.75) is 20.5 Å². The predicted octanol–water partition coefficient (Wildman–Crippen LogP) is 6.45. The summed E-state index contributed by atoms with van der Waals surface area (Å²) in [6.45, 7) is 4.52. The molecule has 6 heteroatoms. The van der Waals surface area contributed by atoms with Gasteiger partial charge in [-0.25, -0.2) is 4.79 Å². The summed E-state index contributed by atoms with van der Waals surface area (Å²) in [5.41, 5.74) is 3.80. The second-order valence-electron chi connectivity index (χ2n) is 8.36. The van der Waals surface area contributed by atoms with Gasteiger partial charge in [0, 0.05) is 11.3 Å². The first-order chi connectivity index (χ1) is 18.0. The largest absolute Gasteiger partial charge is 0.489 e. The molecule has 1 amide bonds. The van der Waals surface area contributed by atoms with Crippen molar-refractivity contribution in [2.75, 3.05) is 11.9 Å². The van der Waals surface area contributed by atoms with Gasteiger partial charge in [0.2, 0.25) is 0 Å². The number of nitrogens with zero attached hydrogens (tertiary/aromatic N) is 1. The van der Waals surface area contributed by atoms with Crippen LogP contribution in [-0.2, 0) is 16.1 Å². The standard InChI is InChI=1S/C31H26N2O4/c1-3-36-31(35)24-12-14-26(15-13-24)33-30(34)25(19-32)18-22-9-16-27(17-10-22)37-20-29-21(2)8-11-23-6-4-5-7-28(23)29/h4-18H,3,20H2,1-2H3,(H,33,34)/b25-18+. The number of ether oxygens (including phenoxy) is 2. The summed E-state index contributed by atoms with van der Waals surface area (Å²) in [5, 5.41) is 14.5. The quantitative estimate of drug-likeness (QED) is 0.174. The number of hydrogen-bond acceptors (Lipinski definition) is 5. The summed E-state index contributed by atoms with van der Waals surface area (Å²) < 4.78 is 11.0. The molecular weight excluding hydrogens is 464 g/mol. The molecule has 0 heterocycles. The van der Waals surface area contributed by atoms with Crippen molar-refractivity contribution in [3.05, 3.63) is 113 Å². The zero-order valence-corrected chi connectivity index (χ0v) is 20.7. The van der Waals surface area contributed by atoms with Gasteiger partial charge in [0.15, 0.2) is 0 Å². The highest BCUT2D eigenvalue weighted by Gasteiger charge is 2.11. The van der Waals surface area contributed by atoms with Crippen LogP contribution < -0.4 is 10.1 Å². The van der Waals surface area contributed by atoms with Crippen molar-refractivity contribution < 1.29 is 19.1 Å². The van der Waals surface area contributed by atoms with Crippen molar-refractivity contribution in [2.24, 2.45) is 0 Å². The Morgan fingerprint density at radius 3 is 2.38 bits per heavy atom. The van der Waals surface area contributed by atoms with E-state index in [2.05, 4.69) is 36.5 Å². The van der Waals surface area contributed by atoms with Crippen LogP contribution >= 0.6 is 0 Å². The molecule has 1 N–H and O–H groups in total. The third kappa shape index (κ3) is 6.22. The summed E-state index contributed by atoms with van der Waals surface area (Å²) in [7, 11) is 0. The second-order valence-corrected chi connectivity index (χ2v) is 8.36. The number of esters is 1. The molecule has 37 heavy (non-hydrogen) atoms. The third-order valence-electron chi connectivity index (χ3n) is 5.87. The van der Waals surface area contributed by atoms with Crippen LogP contribution in [0.5, 0.6) is 5.75 Å². The smallest absolute Gasteiger partial charge is 0.338 e. The molecule has 184 valence electrons. The second kappa shape index (κ2) is 11.7. The van der Waals surface area contributed by atoms with E-state index >= 15 is 0 Å². The van der Waals surface area contributed by atoms with E-state index in [1.807, 2.05) is 30.3 Å². The molecule has 0 spiro atoms. The molecule has 0 atom stereocenters. The van der Waals surface area contributed by atoms with E-state index in [1.54, 1.807) is 43.3 Å². The van der Waals surface area contributed by atoms with Gasteiger partial charge in [-0.3, -0.25) is 4.79 Å². The van der Waals surface area contributed by atoms with Crippen LogP contribution in [0.3, 0.4) is 0 Å². The van der Waals surface area contributed by atoms with Crippen LogP contribution in [0.25, 0.3) is 16.8 Å². The zero-order chi connectivity index (χ0) is 26.2. The van der Waals surface area contributed by atoms with Crippen molar-refractivity contribution >= 4 is 34.4 Å². The fraction of sp³-hybridized carbons (Fsp3) is 0.129. The van der Waals surface area contributed by atoms with Crippen LogP contribution in [0.15, 0.2) is 90.5 Å². The van der Waals surface area contributed by atoms with E-state index in [0.29, 0.717) is 29.2 Å². The van der Waals surface area contributed by atoms with Crippen molar-refractivity contribution in [3.8, 4) is 11.8 Å². The lowest BCUT2D eigenvalue weighted by molar-refractivity contribution is -0.112. The van der Waals surface area contributed by atoms with Crippen molar-refractivity contribution in [1.29, 1.82) is 5.26 Å². The number of amides is 1. The Hall–Kier alpha value is -4.89. The highest BCUT2D eigenvalue weighted by molar-refractivity contribution is 6.09. The topological polar surface area (TPSA) is 88.4 Å². The highest BCUT2D eigenvalue weighted by atomic mass is 16.5. The first-order valence-electron chi connectivity index (χ1n) is 11.9. The number of hydrogen-bond donors (Lipinski definition) is 1. The highest BCUT2D eigenvalue weighted by Crippen LogP contribution is 2.24. The number of fused-ring (bicyclic) bond motifs is 1. The zero-order valence-electron chi connectivity index (χ0n) is 20.7. The lowest BCUT2D eigenvalue weighted by atomic mass is 10.0. The maximum Gasteiger partial charge on any atom is 0.338 e. The summed E-state index contributed by atoms with van der Waals surface area (Å²) in [6.07, 6.45) is 1.51. The molecule has 0 radical (unpaired) electrons. The van der Waals surface area contributed by atoms with Gasteiger partial charge < -0.3 is 14.8 Å². The Morgan fingerprint density at radius 2 is 1.68 bits per heavy atom. The Kier molecular flexibility index (Phi) is 7.97. The van der Waals surface area contributed by atoms with Crippen LogP contribution in [0.2, 0.25) is 0 Å². The van der Waals surface area contributed by atoms with Crippen LogP contribution in [0, 0.1) is 18.3 Å². The molecule has 0 aromatic heterocycles. The Morgan fingerprint density at radius 1 is 0.946 bits per heavy atom. The van der Waals surface area contributed by atoms with Crippen molar-refractivity contribution in [3.63, 3.8) is 0 Å². The summed E-state index contributed by atoms with van der Waals surface area (Å²) in [5.74, 6) is -0.287. The number of rotatable bonds is 8. The van der Waals surface area contributed by atoms with Crippen LogP contribution in [0.4, 0.5) is 5.69 Å². The van der Waals surface area contributed by atoms with E-state index in [1.165, 1.54) is 22.4 Å². The average molecular weight is 491 g/mol. The Balaban J connectivity index is 1.41. The molecule has 0 aliphatic rings. The van der Waals surface area contributed by atoms with Crippen LogP contribution in [-0.4, -0.2) is 18.5 Å². The normalized spacial score (nSPS) is 11.0. The van der Waals surface area contributed by atoms with E-state index in [0.717, 1.165) is 5.56 Å². The van der Waals surface area contributed by atoms with E-state index < -0.39 is 11.9 Å². The molecule has 0 aliphatic carbocycles. The maximum atomic E-state index is 12.6. The number of anilines is 1. The molecule has 6 nitrogen and oxygen atoms in total. The monoisotopic (exact) mass is 490 g/mol. The van der Waals surface area contributed by atoms with E-state index in [9.17, 15) is 14.9 Å². The first-order valence-corrected chi connectivity index (χ1v) is 11.9. The van der Waals surface area contributed by atoms with Gasteiger partial charge in [0.05, 0.1) is 12.2 Å². The number of carbonyl (C=O) groups excluding carboxylic acids is 2. The predicted molar refractivity (Wildman–Crippen MR) is 144 cm³/mol.